The molecule has 0 aromatic heterocycles. The van der Waals surface area contributed by atoms with Crippen molar-refractivity contribution < 1.29 is 8.42 Å². The SMILES string of the molecule is Nc1cc(S(N)(=O)=O)ccc1NC1CCCCC1. The average molecular weight is 269 g/mol. The first kappa shape index (κ1) is 13.2. The summed E-state index contributed by atoms with van der Waals surface area (Å²) in [6, 6.07) is 5.00. The maximum atomic E-state index is 11.2. The zero-order valence-corrected chi connectivity index (χ0v) is 11.0. The first-order chi connectivity index (χ1) is 8.47. The summed E-state index contributed by atoms with van der Waals surface area (Å²) in [5.41, 5.74) is 7.06. The monoisotopic (exact) mass is 269 g/mol. The van der Waals surface area contributed by atoms with E-state index in [1.54, 1.807) is 6.07 Å². The van der Waals surface area contributed by atoms with Crippen LogP contribution in [0.15, 0.2) is 23.1 Å². The Labute approximate surface area is 108 Å². The molecular formula is C12H19N3O2S. The van der Waals surface area contributed by atoms with Gasteiger partial charge in [0.2, 0.25) is 10.0 Å². The van der Waals surface area contributed by atoms with Gasteiger partial charge in [0.1, 0.15) is 0 Å². The van der Waals surface area contributed by atoms with Crippen molar-refractivity contribution in [3.63, 3.8) is 0 Å². The molecule has 0 amide bonds. The molecule has 2 rings (SSSR count). The standard InChI is InChI=1S/C12H19N3O2S/c13-11-8-10(18(14,16)17)6-7-12(11)15-9-4-2-1-3-5-9/h6-9,15H,1-5,13H2,(H2,14,16,17). The molecule has 0 spiro atoms. The second kappa shape index (κ2) is 5.16. The summed E-state index contributed by atoms with van der Waals surface area (Å²) in [5.74, 6) is 0. The van der Waals surface area contributed by atoms with Crippen LogP contribution in [0.3, 0.4) is 0 Å². The lowest BCUT2D eigenvalue weighted by atomic mass is 9.95. The van der Waals surface area contributed by atoms with E-state index in [1.165, 1.54) is 31.4 Å². The molecule has 0 heterocycles. The van der Waals surface area contributed by atoms with Gasteiger partial charge in [-0.15, -0.1) is 0 Å². The first-order valence-electron chi connectivity index (χ1n) is 6.16. The fourth-order valence-electron chi connectivity index (χ4n) is 2.32. The molecule has 0 aliphatic heterocycles. The maximum Gasteiger partial charge on any atom is 0.238 e. The number of rotatable bonds is 3. The number of primary sulfonamides is 1. The molecule has 0 bridgehead atoms. The molecule has 1 aliphatic carbocycles. The van der Waals surface area contributed by atoms with E-state index in [4.69, 9.17) is 10.9 Å². The summed E-state index contributed by atoms with van der Waals surface area (Å²) in [7, 11) is -3.68. The predicted molar refractivity (Wildman–Crippen MR) is 72.7 cm³/mol. The molecule has 5 N–H and O–H groups in total. The van der Waals surface area contributed by atoms with Crippen LogP contribution in [-0.2, 0) is 10.0 Å². The molecule has 0 radical (unpaired) electrons. The smallest absolute Gasteiger partial charge is 0.238 e. The van der Waals surface area contributed by atoms with Crippen LogP contribution in [0.4, 0.5) is 11.4 Å². The molecule has 1 aromatic carbocycles. The normalized spacial score (nSPS) is 17.6. The summed E-state index contributed by atoms with van der Waals surface area (Å²) in [6.45, 7) is 0. The van der Waals surface area contributed by atoms with Crippen LogP contribution in [0.2, 0.25) is 0 Å². The molecule has 100 valence electrons. The molecule has 6 heteroatoms. The number of nitrogens with one attached hydrogen (secondary N) is 1. The van der Waals surface area contributed by atoms with Gasteiger partial charge in [0.15, 0.2) is 0 Å². The van der Waals surface area contributed by atoms with Crippen LogP contribution in [0.25, 0.3) is 0 Å². The van der Waals surface area contributed by atoms with Crippen LogP contribution >= 0.6 is 0 Å². The molecular weight excluding hydrogens is 250 g/mol. The molecule has 0 unspecified atom stereocenters. The molecule has 1 fully saturated rings. The zero-order valence-electron chi connectivity index (χ0n) is 10.2. The Morgan fingerprint density at radius 3 is 2.39 bits per heavy atom. The quantitative estimate of drug-likeness (QED) is 0.727. The number of anilines is 2. The average Bonchev–Trinajstić information content (AvgIpc) is 2.32. The van der Waals surface area contributed by atoms with E-state index in [0.717, 1.165) is 18.5 Å². The third-order valence-electron chi connectivity index (χ3n) is 3.32. The van der Waals surface area contributed by atoms with Crippen molar-refractivity contribution in [1.29, 1.82) is 0 Å². The van der Waals surface area contributed by atoms with Crippen LogP contribution in [0.5, 0.6) is 0 Å². The topological polar surface area (TPSA) is 98.2 Å². The van der Waals surface area contributed by atoms with Gasteiger partial charge >= 0.3 is 0 Å². The minimum atomic E-state index is -3.68. The Bertz CT molecular complexity index is 522. The summed E-state index contributed by atoms with van der Waals surface area (Å²) >= 11 is 0. The number of hydrogen-bond acceptors (Lipinski definition) is 4. The van der Waals surface area contributed by atoms with Gasteiger partial charge in [0, 0.05) is 6.04 Å². The highest BCUT2D eigenvalue weighted by Crippen LogP contribution is 2.26. The highest BCUT2D eigenvalue weighted by Gasteiger charge is 2.15. The Morgan fingerprint density at radius 2 is 1.83 bits per heavy atom. The lowest BCUT2D eigenvalue weighted by Gasteiger charge is -2.24. The lowest BCUT2D eigenvalue weighted by Crippen LogP contribution is -2.23. The number of nitrogens with two attached hydrogens (primary N) is 2. The van der Waals surface area contributed by atoms with E-state index < -0.39 is 10.0 Å². The highest BCUT2D eigenvalue weighted by atomic mass is 32.2. The largest absolute Gasteiger partial charge is 0.397 e. The van der Waals surface area contributed by atoms with Crippen molar-refractivity contribution in [3.05, 3.63) is 18.2 Å². The molecule has 1 aromatic rings. The van der Waals surface area contributed by atoms with Crippen molar-refractivity contribution in [1.82, 2.24) is 0 Å². The van der Waals surface area contributed by atoms with E-state index in [-0.39, 0.29) is 4.90 Å². The van der Waals surface area contributed by atoms with E-state index in [9.17, 15) is 8.42 Å². The number of benzene rings is 1. The van der Waals surface area contributed by atoms with Gasteiger partial charge in [0.25, 0.3) is 0 Å². The van der Waals surface area contributed by atoms with Gasteiger partial charge in [-0.25, -0.2) is 13.6 Å². The Kier molecular flexibility index (Phi) is 3.77. The fourth-order valence-corrected chi connectivity index (χ4v) is 2.87. The van der Waals surface area contributed by atoms with Gasteiger partial charge in [-0.3, -0.25) is 0 Å². The van der Waals surface area contributed by atoms with E-state index >= 15 is 0 Å². The van der Waals surface area contributed by atoms with Crippen molar-refractivity contribution in [2.45, 2.75) is 43.0 Å². The first-order valence-corrected chi connectivity index (χ1v) is 7.70. The second-order valence-electron chi connectivity index (χ2n) is 4.77. The Hall–Kier alpha value is -1.27. The predicted octanol–water partition coefficient (Wildman–Crippen LogP) is 1.66. The van der Waals surface area contributed by atoms with Crippen molar-refractivity contribution in [2.75, 3.05) is 11.1 Å². The van der Waals surface area contributed by atoms with Crippen molar-refractivity contribution in [2.24, 2.45) is 5.14 Å². The second-order valence-corrected chi connectivity index (χ2v) is 6.33. The lowest BCUT2D eigenvalue weighted by molar-refractivity contribution is 0.463. The van der Waals surface area contributed by atoms with Crippen LogP contribution in [0, 0.1) is 0 Å². The molecule has 1 saturated carbocycles. The van der Waals surface area contributed by atoms with Gasteiger partial charge < -0.3 is 11.1 Å². The number of nitrogen functional groups attached to an aromatic ring is 1. The van der Waals surface area contributed by atoms with Crippen LogP contribution < -0.4 is 16.2 Å². The van der Waals surface area contributed by atoms with Gasteiger partial charge in [-0.2, -0.15) is 0 Å². The van der Waals surface area contributed by atoms with Crippen molar-refractivity contribution >= 4 is 21.4 Å². The van der Waals surface area contributed by atoms with E-state index in [1.807, 2.05) is 0 Å². The zero-order chi connectivity index (χ0) is 13.2. The Balaban J connectivity index is 2.14. The van der Waals surface area contributed by atoms with Crippen LogP contribution in [-0.4, -0.2) is 14.5 Å². The van der Waals surface area contributed by atoms with Gasteiger partial charge in [-0.05, 0) is 31.0 Å². The summed E-state index contributed by atoms with van der Waals surface area (Å²) in [4.78, 5) is 0.0502. The number of hydrogen-bond donors (Lipinski definition) is 3. The molecule has 0 atom stereocenters. The third-order valence-corrected chi connectivity index (χ3v) is 4.23. The minimum absolute atomic E-state index is 0.0502. The van der Waals surface area contributed by atoms with Crippen molar-refractivity contribution in [3.8, 4) is 0 Å². The maximum absolute atomic E-state index is 11.2. The van der Waals surface area contributed by atoms with Crippen LogP contribution in [0.1, 0.15) is 32.1 Å². The summed E-state index contributed by atoms with van der Waals surface area (Å²) < 4.78 is 22.4. The number of sulfonamides is 1. The highest BCUT2D eigenvalue weighted by molar-refractivity contribution is 7.89. The Morgan fingerprint density at radius 1 is 1.17 bits per heavy atom. The third kappa shape index (κ3) is 3.14. The van der Waals surface area contributed by atoms with Gasteiger partial charge in [0.05, 0.1) is 16.3 Å². The fraction of sp³-hybridized carbons (Fsp3) is 0.500. The molecule has 1 aliphatic rings. The van der Waals surface area contributed by atoms with E-state index in [0.29, 0.717) is 11.7 Å². The molecule has 18 heavy (non-hydrogen) atoms. The van der Waals surface area contributed by atoms with E-state index in [2.05, 4.69) is 5.32 Å². The summed E-state index contributed by atoms with van der Waals surface area (Å²) in [6.07, 6.45) is 6.02. The minimum Gasteiger partial charge on any atom is -0.397 e. The molecule has 5 nitrogen and oxygen atoms in total. The summed E-state index contributed by atoms with van der Waals surface area (Å²) in [5, 5.41) is 8.42. The molecule has 0 saturated heterocycles. The van der Waals surface area contributed by atoms with Gasteiger partial charge in [-0.1, -0.05) is 19.3 Å².